The Morgan fingerprint density at radius 2 is 2.06 bits per heavy atom. The van der Waals surface area contributed by atoms with E-state index in [0.29, 0.717) is 12.8 Å². The summed E-state index contributed by atoms with van der Waals surface area (Å²) in [7, 11) is -3.65. The minimum absolute atomic E-state index is 0.114. The second-order valence-electron chi connectivity index (χ2n) is 4.74. The van der Waals surface area contributed by atoms with E-state index >= 15 is 0 Å². The van der Waals surface area contributed by atoms with Crippen molar-refractivity contribution in [1.82, 2.24) is 4.72 Å². The molecule has 0 spiro atoms. The molecule has 2 aliphatic rings. The minimum Gasteiger partial charge on any atom is -0.317 e. The number of carbonyl (C=O) groups is 1. The van der Waals surface area contributed by atoms with E-state index in [-0.39, 0.29) is 6.42 Å². The standard InChI is InChI=1S/C9H14F2N2O3S/c10-7(11)3-5-4-9(5,12)8(14)13-17(15,16)6-1-2-6/h5-7H,1-4,12H2,(H,13,14). The number of rotatable bonds is 5. The lowest BCUT2D eigenvalue weighted by Crippen LogP contribution is -2.47. The second kappa shape index (κ2) is 3.88. The Morgan fingerprint density at radius 3 is 2.53 bits per heavy atom. The fraction of sp³-hybridized carbons (Fsp3) is 0.889. The molecule has 0 aromatic carbocycles. The Balaban J connectivity index is 1.93. The van der Waals surface area contributed by atoms with Crippen LogP contribution in [-0.2, 0) is 14.8 Å². The molecule has 2 rings (SSSR count). The number of alkyl halides is 2. The van der Waals surface area contributed by atoms with Gasteiger partial charge in [0.1, 0.15) is 0 Å². The van der Waals surface area contributed by atoms with Gasteiger partial charge in [0.2, 0.25) is 16.4 Å². The van der Waals surface area contributed by atoms with Crippen LogP contribution in [0, 0.1) is 5.92 Å². The van der Waals surface area contributed by atoms with Crippen molar-refractivity contribution in [2.75, 3.05) is 0 Å². The third kappa shape index (κ3) is 2.57. The molecule has 0 aromatic rings. The molecule has 0 saturated heterocycles. The zero-order chi connectivity index (χ0) is 12.8. The minimum atomic E-state index is -3.65. The van der Waals surface area contributed by atoms with E-state index < -0.39 is 45.5 Å². The van der Waals surface area contributed by atoms with Gasteiger partial charge < -0.3 is 5.73 Å². The molecule has 2 saturated carbocycles. The summed E-state index contributed by atoms with van der Waals surface area (Å²) in [6.07, 6.45) is -1.82. The van der Waals surface area contributed by atoms with E-state index in [2.05, 4.69) is 0 Å². The van der Waals surface area contributed by atoms with E-state index in [1.807, 2.05) is 4.72 Å². The van der Waals surface area contributed by atoms with Crippen LogP contribution in [0.25, 0.3) is 0 Å². The number of hydrogen-bond acceptors (Lipinski definition) is 4. The molecule has 3 N–H and O–H groups in total. The Morgan fingerprint density at radius 1 is 1.47 bits per heavy atom. The van der Waals surface area contributed by atoms with Gasteiger partial charge in [0.15, 0.2) is 0 Å². The van der Waals surface area contributed by atoms with Crippen LogP contribution < -0.4 is 10.5 Å². The molecule has 0 aliphatic heterocycles. The first-order valence-corrected chi connectivity index (χ1v) is 6.93. The van der Waals surface area contributed by atoms with Gasteiger partial charge in [0.25, 0.3) is 5.91 Å². The summed E-state index contributed by atoms with van der Waals surface area (Å²) < 4.78 is 49.0. The number of sulfonamides is 1. The summed E-state index contributed by atoms with van der Waals surface area (Å²) in [5, 5.41) is -0.526. The van der Waals surface area contributed by atoms with Crippen LogP contribution in [-0.4, -0.2) is 31.5 Å². The van der Waals surface area contributed by atoms with Gasteiger partial charge in [0.05, 0.1) is 10.8 Å². The summed E-state index contributed by atoms with van der Waals surface area (Å²) in [6, 6.07) is 0. The van der Waals surface area contributed by atoms with Gasteiger partial charge in [-0.15, -0.1) is 0 Å². The maximum atomic E-state index is 12.1. The van der Waals surface area contributed by atoms with Crippen molar-refractivity contribution in [1.29, 1.82) is 0 Å². The SMILES string of the molecule is NC1(C(=O)NS(=O)(=O)C2CC2)CC1CC(F)F. The maximum Gasteiger partial charge on any atom is 0.253 e. The molecule has 2 aliphatic carbocycles. The van der Waals surface area contributed by atoms with Crippen molar-refractivity contribution >= 4 is 15.9 Å². The fourth-order valence-corrected chi connectivity index (χ4v) is 3.19. The van der Waals surface area contributed by atoms with Crippen LogP contribution in [0.15, 0.2) is 0 Å². The normalized spacial score (nSPS) is 32.6. The lowest BCUT2D eigenvalue weighted by molar-refractivity contribution is -0.121. The van der Waals surface area contributed by atoms with Crippen molar-refractivity contribution in [2.45, 2.75) is 42.9 Å². The van der Waals surface area contributed by atoms with Gasteiger partial charge in [-0.25, -0.2) is 17.2 Å². The zero-order valence-electron chi connectivity index (χ0n) is 9.03. The summed E-state index contributed by atoms with van der Waals surface area (Å²) in [4.78, 5) is 11.6. The Kier molecular flexibility index (Phi) is 2.89. The molecule has 5 nitrogen and oxygen atoms in total. The molecule has 8 heteroatoms. The number of carbonyl (C=O) groups excluding carboxylic acids is 1. The number of halogens is 2. The average molecular weight is 268 g/mol. The van der Waals surface area contributed by atoms with Crippen LogP contribution >= 0.6 is 0 Å². The maximum absolute atomic E-state index is 12.1. The fourth-order valence-electron chi connectivity index (χ4n) is 1.82. The van der Waals surface area contributed by atoms with Crippen molar-refractivity contribution in [2.24, 2.45) is 11.7 Å². The molecule has 98 valence electrons. The summed E-state index contributed by atoms with van der Waals surface area (Å²) in [5.41, 5.74) is 4.17. The van der Waals surface area contributed by atoms with E-state index in [0.717, 1.165) is 0 Å². The van der Waals surface area contributed by atoms with E-state index in [1.165, 1.54) is 0 Å². The predicted molar refractivity (Wildman–Crippen MR) is 55.7 cm³/mol. The third-order valence-corrected chi connectivity index (χ3v) is 5.06. The highest BCUT2D eigenvalue weighted by Crippen LogP contribution is 2.45. The molecule has 2 unspecified atom stereocenters. The molecule has 0 radical (unpaired) electrons. The molecule has 0 aromatic heterocycles. The summed E-state index contributed by atoms with van der Waals surface area (Å²) >= 11 is 0. The number of hydrogen-bond donors (Lipinski definition) is 2. The van der Waals surface area contributed by atoms with Gasteiger partial charge in [-0.2, -0.15) is 0 Å². The van der Waals surface area contributed by atoms with E-state index in [1.54, 1.807) is 0 Å². The number of amides is 1. The van der Waals surface area contributed by atoms with Gasteiger partial charge in [0, 0.05) is 6.42 Å². The number of nitrogens with one attached hydrogen (secondary N) is 1. The molecule has 1 amide bonds. The highest BCUT2D eigenvalue weighted by atomic mass is 32.2. The predicted octanol–water partition coefficient (Wildman–Crippen LogP) is -0.0326. The monoisotopic (exact) mass is 268 g/mol. The Labute approximate surface area is 97.8 Å². The Bertz CT molecular complexity index is 436. The van der Waals surface area contributed by atoms with Crippen LogP contribution in [0.2, 0.25) is 0 Å². The second-order valence-corrected chi connectivity index (χ2v) is 6.70. The molecule has 2 atom stereocenters. The number of nitrogens with two attached hydrogens (primary N) is 1. The molecule has 2 fully saturated rings. The first-order chi connectivity index (χ1) is 7.75. The Hall–Kier alpha value is -0.760. The zero-order valence-corrected chi connectivity index (χ0v) is 9.84. The average Bonchev–Trinajstić information content (AvgIpc) is 3.00. The molecule has 0 bridgehead atoms. The summed E-state index contributed by atoms with van der Waals surface area (Å²) in [5.74, 6) is -1.48. The first kappa shape index (κ1) is 12.7. The first-order valence-electron chi connectivity index (χ1n) is 5.39. The lowest BCUT2D eigenvalue weighted by atomic mass is 10.1. The molecular weight excluding hydrogens is 254 g/mol. The van der Waals surface area contributed by atoms with Gasteiger partial charge in [-0.3, -0.25) is 9.52 Å². The van der Waals surface area contributed by atoms with Crippen LogP contribution in [0.5, 0.6) is 0 Å². The summed E-state index contributed by atoms with van der Waals surface area (Å²) in [6.45, 7) is 0. The molecular formula is C9H14F2N2O3S. The van der Waals surface area contributed by atoms with Crippen molar-refractivity contribution in [3.05, 3.63) is 0 Å². The van der Waals surface area contributed by atoms with Crippen LogP contribution in [0.4, 0.5) is 8.78 Å². The molecule has 0 heterocycles. The largest absolute Gasteiger partial charge is 0.317 e. The topological polar surface area (TPSA) is 89.3 Å². The van der Waals surface area contributed by atoms with Crippen molar-refractivity contribution in [3.63, 3.8) is 0 Å². The van der Waals surface area contributed by atoms with Crippen LogP contribution in [0.3, 0.4) is 0 Å². The highest BCUT2D eigenvalue weighted by Gasteiger charge is 2.58. The van der Waals surface area contributed by atoms with Gasteiger partial charge in [-0.05, 0) is 25.2 Å². The van der Waals surface area contributed by atoms with Gasteiger partial charge in [-0.1, -0.05) is 0 Å². The van der Waals surface area contributed by atoms with Crippen molar-refractivity contribution in [3.8, 4) is 0 Å². The third-order valence-electron chi connectivity index (χ3n) is 3.24. The lowest BCUT2D eigenvalue weighted by Gasteiger charge is -2.12. The van der Waals surface area contributed by atoms with E-state index in [9.17, 15) is 22.0 Å². The smallest absolute Gasteiger partial charge is 0.253 e. The van der Waals surface area contributed by atoms with Crippen molar-refractivity contribution < 1.29 is 22.0 Å². The quantitative estimate of drug-likeness (QED) is 0.732. The van der Waals surface area contributed by atoms with E-state index in [4.69, 9.17) is 5.73 Å². The van der Waals surface area contributed by atoms with Gasteiger partial charge >= 0.3 is 0 Å². The molecule has 17 heavy (non-hydrogen) atoms. The van der Waals surface area contributed by atoms with Crippen LogP contribution in [0.1, 0.15) is 25.7 Å². The highest BCUT2D eigenvalue weighted by molar-refractivity contribution is 7.90.